The van der Waals surface area contributed by atoms with Crippen molar-refractivity contribution in [3.05, 3.63) is 64.1 Å². The number of aryl methyl sites for hydroxylation is 2. The summed E-state index contributed by atoms with van der Waals surface area (Å²) in [5.74, 6) is 1.28. The van der Waals surface area contributed by atoms with Crippen molar-refractivity contribution >= 4 is 0 Å². The predicted molar refractivity (Wildman–Crippen MR) is 93.0 cm³/mol. The highest BCUT2D eigenvalue weighted by molar-refractivity contribution is 5.24. The smallest absolute Gasteiger partial charge is 0.251 e. The zero-order chi connectivity index (χ0) is 16.1. The molecule has 0 aliphatic heterocycles. The maximum atomic E-state index is 11.9. The van der Waals surface area contributed by atoms with Crippen LogP contribution in [0.4, 0.5) is 0 Å². The van der Waals surface area contributed by atoms with Gasteiger partial charge in [-0.15, -0.1) is 0 Å². The molecule has 1 aromatic carbocycles. The van der Waals surface area contributed by atoms with Gasteiger partial charge in [0.1, 0.15) is 11.9 Å². The van der Waals surface area contributed by atoms with Gasteiger partial charge in [0.2, 0.25) is 0 Å². The minimum Gasteiger partial charge on any atom is -0.490 e. The normalized spacial score (nSPS) is 21.1. The van der Waals surface area contributed by atoms with Crippen molar-refractivity contribution in [2.75, 3.05) is 0 Å². The molecule has 2 unspecified atom stereocenters. The molecule has 2 atom stereocenters. The average molecular weight is 311 g/mol. The molecular formula is C20H25NO2. The van der Waals surface area contributed by atoms with Crippen molar-refractivity contribution in [1.82, 2.24) is 4.98 Å². The van der Waals surface area contributed by atoms with Gasteiger partial charge < -0.3 is 9.72 Å². The van der Waals surface area contributed by atoms with Crippen molar-refractivity contribution < 1.29 is 4.74 Å². The lowest BCUT2D eigenvalue weighted by Gasteiger charge is -2.29. The molecule has 0 bridgehead atoms. The summed E-state index contributed by atoms with van der Waals surface area (Å²) in [5.41, 5.74) is 2.15. The second-order valence-corrected chi connectivity index (χ2v) is 6.61. The van der Waals surface area contributed by atoms with E-state index >= 15 is 0 Å². The van der Waals surface area contributed by atoms with E-state index in [1.807, 2.05) is 24.3 Å². The zero-order valence-corrected chi connectivity index (χ0v) is 13.8. The van der Waals surface area contributed by atoms with E-state index in [1.165, 1.54) is 24.8 Å². The number of pyridine rings is 1. The van der Waals surface area contributed by atoms with E-state index in [0.717, 1.165) is 30.7 Å². The Morgan fingerprint density at radius 3 is 2.65 bits per heavy atom. The Labute approximate surface area is 137 Å². The van der Waals surface area contributed by atoms with E-state index < -0.39 is 0 Å². The number of ether oxygens (including phenoxy) is 1. The molecule has 1 aromatic heterocycles. The number of aromatic amines is 1. The number of hydrogen-bond acceptors (Lipinski definition) is 2. The van der Waals surface area contributed by atoms with Crippen molar-refractivity contribution in [1.29, 1.82) is 0 Å². The third kappa shape index (κ3) is 4.47. The first-order valence-electron chi connectivity index (χ1n) is 8.64. The molecular weight excluding hydrogens is 286 g/mol. The fourth-order valence-corrected chi connectivity index (χ4v) is 3.33. The summed E-state index contributed by atoms with van der Waals surface area (Å²) in [7, 11) is 0. The van der Waals surface area contributed by atoms with Crippen LogP contribution in [0.25, 0.3) is 0 Å². The summed E-state index contributed by atoms with van der Waals surface area (Å²) in [6.07, 6.45) is 6.80. The minimum atomic E-state index is -0.0750. The Morgan fingerprint density at radius 1 is 1.09 bits per heavy atom. The molecule has 1 aliphatic rings. The van der Waals surface area contributed by atoms with Gasteiger partial charge in [-0.1, -0.05) is 43.7 Å². The SMILES string of the molecule is CC1CCCCC1Oc1cc(CCc2ccccc2)[nH]c(=O)c1. The van der Waals surface area contributed by atoms with Gasteiger partial charge in [-0.25, -0.2) is 0 Å². The van der Waals surface area contributed by atoms with Crippen LogP contribution in [0.3, 0.4) is 0 Å². The molecule has 3 heteroatoms. The van der Waals surface area contributed by atoms with E-state index in [2.05, 4.69) is 24.0 Å². The maximum absolute atomic E-state index is 11.9. The highest BCUT2D eigenvalue weighted by Crippen LogP contribution is 2.27. The van der Waals surface area contributed by atoms with Gasteiger partial charge >= 0.3 is 0 Å². The number of aromatic nitrogens is 1. The van der Waals surface area contributed by atoms with E-state index in [-0.39, 0.29) is 11.7 Å². The van der Waals surface area contributed by atoms with Gasteiger partial charge in [0, 0.05) is 11.8 Å². The third-order valence-electron chi connectivity index (χ3n) is 4.72. The van der Waals surface area contributed by atoms with Gasteiger partial charge in [-0.3, -0.25) is 4.79 Å². The summed E-state index contributed by atoms with van der Waals surface area (Å²) in [6.45, 7) is 2.24. The van der Waals surface area contributed by atoms with Crippen molar-refractivity contribution in [3.8, 4) is 5.75 Å². The van der Waals surface area contributed by atoms with Crippen molar-refractivity contribution in [2.24, 2.45) is 5.92 Å². The molecule has 1 aliphatic carbocycles. The lowest BCUT2D eigenvalue weighted by molar-refractivity contribution is 0.102. The highest BCUT2D eigenvalue weighted by atomic mass is 16.5. The van der Waals surface area contributed by atoms with E-state index in [1.54, 1.807) is 6.07 Å². The highest BCUT2D eigenvalue weighted by Gasteiger charge is 2.23. The van der Waals surface area contributed by atoms with Gasteiger partial charge in [-0.2, -0.15) is 0 Å². The first-order chi connectivity index (χ1) is 11.2. The van der Waals surface area contributed by atoms with Crippen LogP contribution in [0.15, 0.2) is 47.3 Å². The number of H-pyrrole nitrogens is 1. The fraction of sp³-hybridized carbons (Fsp3) is 0.450. The van der Waals surface area contributed by atoms with Crippen LogP contribution in [0, 0.1) is 5.92 Å². The summed E-state index contributed by atoms with van der Waals surface area (Å²) < 4.78 is 6.12. The lowest BCUT2D eigenvalue weighted by atomic mass is 9.88. The number of rotatable bonds is 5. The van der Waals surface area contributed by atoms with Crippen LogP contribution in [-0.4, -0.2) is 11.1 Å². The second-order valence-electron chi connectivity index (χ2n) is 6.61. The minimum absolute atomic E-state index is 0.0750. The molecule has 1 saturated carbocycles. The fourth-order valence-electron chi connectivity index (χ4n) is 3.33. The van der Waals surface area contributed by atoms with E-state index in [4.69, 9.17) is 4.74 Å². The Balaban J connectivity index is 1.67. The predicted octanol–water partition coefficient (Wildman–Crippen LogP) is 4.12. The molecule has 1 N–H and O–H groups in total. The zero-order valence-electron chi connectivity index (χ0n) is 13.8. The lowest BCUT2D eigenvalue weighted by Crippen LogP contribution is -2.28. The molecule has 0 spiro atoms. The van der Waals surface area contributed by atoms with Crippen molar-refractivity contribution in [2.45, 2.75) is 51.6 Å². The quantitative estimate of drug-likeness (QED) is 0.902. The molecule has 1 fully saturated rings. The molecule has 3 nitrogen and oxygen atoms in total. The van der Waals surface area contributed by atoms with Crippen molar-refractivity contribution in [3.63, 3.8) is 0 Å². The molecule has 1 heterocycles. The largest absolute Gasteiger partial charge is 0.490 e. The van der Waals surface area contributed by atoms with Crippen LogP contribution in [0.1, 0.15) is 43.9 Å². The Morgan fingerprint density at radius 2 is 1.87 bits per heavy atom. The summed E-state index contributed by atoms with van der Waals surface area (Å²) in [4.78, 5) is 14.8. The molecule has 0 radical (unpaired) electrons. The van der Waals surface area contributed by atoms with Gasteiger partial charge in [-0.05, 0) is 49.7 Å². The van der Waals surface area contributed by atoms with Crippen LogP contribution in [-0.2, 0) is 12.8 Å². The molecule has 3 rings (SSSR count). The van der Waals surface area contributed by atoms with Crippen LogP contribution in [0.2, 0.25) is 0 Å². The van der Waals surface area contributed by atoms with E-state index in [0.29, 0.717) is 5.92 Å². The van der Waals surface area contributed by atoms with E-state index in [9.17, 15) is 4.79 Å². The number of hydrogen-bond donors (Lipinski definition) is 1. The summed E-state index contributed by atoms with van der Waals surface area (Å²) in [6, 6.07) is 13.9. The first-order valence-corrected chi connectivity index (χ1v) is 8.64. The molecule has 0 amide bonds. The van der Waals surface area contributed by atoms with Gasteiger partial charge in [0.05, 0.1) is 0 Å². The van der Waals surface area contributed by atoms with Gasteiger partial charge in [0.25, 0.3) is 5.56 Å². The van der Waals surface area contributed by atoms with Gasteiger partial charge in [0.15, 0.2) is 0 Å². The van der Waals surface area contributed by atoms with Crippen LogP contribution >= 0.6 is 0 Å². The summed E-state index contributed by atoms with van der Waals surface area (Å²) >= 11 is 0. The molecule has 23 heavy (non-hydrogen) atoms. The first kappa shape index (κ1) is 15.9. The Kier molecular flexibility index (Phi) is 5.16. The monoisotopic (exact) mass is 311 g/mol. The Hall–Kier alpha value is -2.03. The van der Waals surface area contributed by atoms with Crippen LogP contribution < -0.4 is 10.3 Å². The Bertz CT molecular complexity index is 678. The average Bonchev–Trinajstić information content (AvgIpc) is 2.56. The molecule has 2 aromatic rings. The molecule has 0 saturated heterocycles. The summed E-state index contributed by atoms with van der Waals surface area (Å²) in [5, 5.41) is 0. The number of nitrogens with one attached hydrogen (secondary N) is 1. The second kappa shape index (κ2) is 7.49. The topological polar surface area (TPSA) is 42.1 Å². The third-order valence-corrected chi connectivity index (χ3v) is 4.72. The standard InChI is InChI=1S/C20H25NO2/c1-15-7-5-6-10-19(15)23-18-13-17(21-20(22)14-18)12-11-16-8-3-2-4-9-16/h2-4,8-9,13-15,19H,5-7,10-12H2,1H3,(H,21,22). The van der Waals surface area contributed by atoms with Crippen LogP contribution in [0.5, 0.6) is 5.75 Å². The number of benzene rings is 1. The molecule has 122 valence electrons. The maximum Gasteiger partial charge on any atom is 0.251 e.